The monoisotopic (exact) mass is 399 g/mol. The average Bonchev–Trinajstić information content (AvgIpc) is 2.72. The number of aryl methyl sites for hydroxylation is 1. The van der Waals surface area contributed by atoms with Crippen molar-refractivity contribution < 1.29 is 19.4 Å². The van der Waals surface area contributed by atoms with Crippen molar-refractivity contribution in [3.8, 4) is 23.8 Å². The van der Waals surface area contributed by atoms with E-state index in [1.807, 2.05) is 31.2 Å². The van der Waals surface area contributed by atoms with E-state index in [4.69, 9.17) is 15.9 Å². The molecule has 2 N–H and O–H groups in total. The Labute approximate surface area is 171 Å². The molecule has 0 spiro atoms. The number of rotatable bonds is 9. The number of ether oxygens (including phenoxy) is 2. The van der Waals surface area contributed by atoms with Crippen molar-refractivity contribution in [2.75, 3.05) is 20.3 Å². The van der Waals surface area contributed by atoms with E-state index < -0.39 is 10.8 Å². The van der Waals surface area contributed by atoms with Crippen LogP contribution in [0.3, 0.4) is 0 Å². The van der Waals surface area contributed by atoms with Crippen LogP contribution < -0.4 is 14.8 Å². The van der Waals surface area contributed by atoms with Gasteiger partial charge in [-0.05, 0) is 36.1 Å². The Morgan fingerprint density at radius 1 is 1.21 bits per heavy atom. The summed E-state index contributed by atoms with van der Waals surface area (Å²) in [6, 6.07) is 12.7. The Balaban J connectivity index is 1.96. The number of hydrogen-bond acceptors (Lipinski definition) is 5. The van der Waals surface area contributed by atoms with Crippen LogP contribution in [0.4, 0.5) is 0 Å². The molecule has 0 aromatic heterocycles. The van der Waals surface area contributed by atoms with Crippen LogP contribution in [0.15, 0.2) is 42.5 Å². The number of benzene rings is 2. The molecule has 0 bridgehead atoms. The molecule has 2 rings (SSSR count). The van der Waals surface area contributed by atoms with E-state index in [0.29, 0.717) is 30.0 Å². The lowest BCUT2D eigenvalue weighted by Crippen LogP contribution is -2.41. The first kappa shape index (κ1) is 21.7. The van der Waals surface area contributed by atoms with Crippen molar-refractivity contribution in [1.82, 2.24) is 5.32 Å². The quantitative estimate of drug-likeness (QED) is 0.345. The Bertz CT molecular complexity index is 841. The second-order valence-electron chi connectivity index (χ2n) is 6.21. The number of thiol groups is 1. The van der Waals surface area contributed by atoms with Gasteiger partial charge in [0.1, 0.15) is 6.61 Å². The van der Waals surface area contributed by atoms with Gasteiger partial charge in [0.05, 0.1) is 7.11 Å². The maximum absolute atomic E-state index is 12.4. The van der Waals surface area contributed by atoms with Crippen molar-refractivity contribution in [1.29, 1.82) is 0 Å². The number of amides is 1. The minimum absolute atomic E-state index is 0.158. The summed E-state index contributed by atoms with van der Waals surface area (Å²) in [4.78, 5) is 10.5. The molecular weight excluding hydrogens is 374 g/mol. The highest BCUT2D eigenvalue weighted by atomic mass is 32.1. The average molecular weight is 400 g/mol. The second-order valence-corrected chi connectivity index (χ2v) is 6.85. The van der Waals surface area contributed by atoms with Gasteiger partial charge in [-0.3, -0.25) is 4.79 Å². The summed E-state index contributed by atoms with van der Waals surface area (Å²) in [5.41, 5.74) is 2.50. The van der Waals surface area contributed by atoms with Gasteiger partial charge in [-0.15, -0.1) is 19.1 Å². The Kier molecular flexibility index (Phi) is 7.80. The number of carbonyl (C=O) groups excluding carboxylic acids is 1. The zero-order chi connectivity index (χ0) is 20.6. The molecule has 0 aliphatic rings. The maximum Gasteiger partial charge on any atom is 0.267 e. The molecule has 5 nitrogen and oxygen atoms in total. The lowest BCUT2D eigenvalue weighted by atomic mass is 10.0. The Hall–Kier alpha value is -2.62. The predicted octanol–water partition coefficient (Wildman–Crippen LogP) is 2.70. The fourth-order valence-corrected chi connectivity index (χ4v) is 2.88. The molecule has 0 heterocycles. The van der Waals surface area contributed by atoms with Crippen LogP contribution in [0, 0.1) is 12.3 Å². The smallest absolute Gasteiger partial charge is 0.267 e. The van der Waals surface area contributed by atoms with E-state index in [-0.39, 0.29) is 6.61 Å². The van der Waals surface area contributed by atoms with Gasteiger partial charge in [0.25, 0.3) is 5.91 Å². The normalized spacial score (nSPS) is 12.5. The van der Waals surface area contributed by atoms with Crippen LogP contribution in [0.1, 0.15) is 23.6 Å². The highest BCUT2D eigenvalue weighted by molar-refractivity contribution is 7.82. The molecular formula is C22H25NO4S. The van der Waals surface area contributed by atoms with Crippen LogP contribution >= 0.6 is 12.6 Å². The summed E-state index contributed by atoms with van der Waals surface area (Å²) in [5.74, 6) is 2.97. The SMILES string of the molecule is C#CCOc1ccc(CCNC(=O)C(O)(S)c2ccc(CC)cc2)cc1OC. The molecule has 0 fully saturated rings. The summed E-state index contributed by atoms with van der Waals surface area (Å²) in [6.45, 7) is 2.53. The molecule has 6 heteroatoms. The highest BCUT2D eigenvalue weighted by Crippen LogP contribution is 2.28. The topological polar surface area (TPSA) is 67.8 Å². The summed E-state index contributed by atoms with van der Waals surface area (Å²) < 4.78 is 10.7. The minimum Gasteiger partial charge on any atom is -0.493 e. The fraction of sp³-hybridized carbons (Fsp3) is 0.318. The first-order valence-corrected chi connectivity index (χ1v) is 9.42. The molecule has 0 aliphatic heterocycles. The van der Waals surface area contributed by atoms with Crippen molar-refractivity contribution >= 4 is 18.5 Å². The van der Waals surface area contributed by atoms with Gasteiger partial charge < -0.3 is 19.9 Å². The van der Waals surface area contributed by atoms with E-state index in [2.05, 4.69) is 23.9 Å². The lowest BCUT2D eigenvalue weighted by molar-refractivity contribution is -0.132. The lowest BCUT2D eigenvalue weighted by Gasteiger charge is -2.22. The third-order valence-corrected chi connectivity index (χ3v) is 4.78. The maximum atomic E-state index is 12.4. The molecule has 2 aromatic rings. The van der Waals surface area contributed by atoms with Gasteiger partial charge >= 0.3 is 0 Å². The van der Waals surface area contributed by atoms with E-state index in [1.165, 1.54) is 0 Å². The number of carbonyl (C=O) groups is 1. The summed E-state index contributed by atoms with van der Waals surface area (Å²) in [5, 5.41) is 13.2. The van der Waals surface area contributed by atoms with Crippen molar-refractivity contribution in [3.05, 3.63) is 59.2 Å². The van der Waals surface area contributed by atoms with Gasteiger partial charge in [0.2, 0.25) is 4.93 Å². The van der Waals surface area contributed by atoms with Gasteiger partial charge in [-0.2, -0.15) is 0 Å². The van der Waals surface area contributed by atoms with Gasteiger partial charge in [0, 0.05) is 12.1 Å². The van der Waals surface area contributed by atoms with Crippen LogP contribution in [0.25, 0.3) is 0 Å². The van der Waals surface area contributed by atoms with Crippen LogP contribution in [-0.2, 0) is 22.6 Å². The zero-order valence-electron chi connectivity index (χ0n) is 16.1. The van der Waals surface area contributed by atoms with Gasteiger partial charge in [0.15, 0.2) is 11.5 Å². The number of hydrogen-bond donors (Lipinski definition) is 3. The molecule has 0 radical (unpaired) electrons. The number of nitrogens with one attached hydrogen (secondary N) is 1. The largest absolute Gasteiger partial charge is 0.493 e. The summed E-state index contributed by atoms with van der Waals surface area (Å²) in [6.07, 6.45) is 6.63. The predicted molar refractivity (Wildman–Crippen MR) is 113 cm³/mol. The van der Waals surface area contributed by atoms with E-state index in [0.717, 1.165) is 17.5 Å². The van der Waals surface area contributed by atoms with E-state index in [1.54, 1.807) is 25.3 Å². The van der Waals surface area contributed by atoms with Crippen LogP contribution in [0.5, 0.6) is 11.5 Å². The molecule has 0 saturated carbocycles. The molecule has 1 amide bonds. The Morgan fingerprint density at radius 3 is 2.50 bits per heavy atom. The Morgan fingerprint density at radius 2 is 1.89 bits per heavy atom. The first-order valence-electron chi connectivity index (χ1n) is 8.98. The standard InChI is InChI=1S/C22H25NO4S/c1-4-14-27-19-11-8-17(15-20(19)26-3)12-13-23-21(24)22(25,28)18-9-6-16(5-2)7-10-18/h1,6-11,15,25,28H,5,12-14H2,2-3H3,(H,23,24). The summed E-state index contributed by atoms with van der Waals surface area (Å²) >= 11 is 4.16. The molecule has 28 heavy (non-hydrogen) atoms. The minimum atomic E-state index is -1.89. The van der Waals surface area contributed by atoms with E-state index >= 15 is 0 Å². The third kappa shape index (κ3) is 5.44. The molecule has 2 aromatic carbocycles. The van der Waals surface area contributed by atoms with Crippen molar-refractivity contribution in [3.63, 3.8) is 0 Å². The zero-order valence-corrected chi connectivity index (χ0v) is 17.0. The van der Waals surface area contributed by atoms with Crippen LogP contribution in [-0.4, -0.2) is 31.3 Å². The molecule has 1 atom stereocenters. The molecule has 148 valence electrons. The highest BCUT2D eigenvalue weighted by Gasteiger charge is 2.33. The first-order chi connectivity index (χ1) is 13.4. The summed E-state index contributed by atoms with van der Waals surface area (Å²) in [7, 11) is 1.55. The molecule has 1 unspecified atom stereocenters. The van der Waals surface area contributed by atoms with Crippen molar-refractivity contribution in [2.45, 2.75) is 24.7 Å². The molecule has 0 saturated heterocycles. The fourth-order valence-electron chi connectivity index (χ4n) is 2.65. The van der Waals surface area contributed by atoms with E-state index in [9.17, 15) is 9.90 Å². The van der Waals surface area contributed by atoms with Crippen LogP contribution in [0.2, 0.25) is 0 Å². The number of methoxy groups -OCH3 is 1. The molecule has 0 aliphatic carbocycles. The third-order valence-electron chi connectivity index (χ3n) is 4.32. The van der Waals surface area contributed by atoms with Gasteiger partial charge in [-0.25, -0.2) is 0 Å². The van der Waals surface area contributed by atoms with Gasteiger partial charge in [-0.1, -0.05) is 43.2 Å². The number of aliphatic hydroxyl groups is 1. The van der Waals surface area contributed by atoms with Crippen molar-refractivity contribution in [2.24, 2.45) is 0 Å². The number of terminal acetylenes is 1. The second kappa shape index (κ2) is 10.1.